The van der Waals surface area contributed by atoms with Crippen molar-refractivity contribution in [3.05, 3.63) is 53.6 Å². The molecule has 134 valence electrons. The molecule has 25 heavy (non-hydrogen) atoms. The van der Waals surface area contributed by atoms with E-state index in [0.29, 0.717) is 36.1 Å². The van der Waals surface area contributed by atoms with Gasteiger partial charge in [-0.15, -0.1) is 0 Å². The van der Waals surface area contributed by atoms with E-state index in [9.17, 15) is 4.79 Å². The van der Waals surface area contributed by atoms with Crippen LogP contribution in [0.2, 0.25) is 5.02 Å². The molecule has 0 radical (unpaired) electrons. The molecule has 0 aliphatic heterocycles. The Bertz CT molecular complexity index is 693. The van der Waals surface area contributed by atoms with E-state index in [1.165, 1.54) is 0 Å². The summed E-state index contributed by atoms with van der Waals surface area (Å²) in [7, 11) is 3.31. The number of para-hydroxylation sites is 2. The van der Waals surface area contributed by atoms with Crippen molar-refractivity contribution in [2.75, 3.05) is 33.9 Å². The molecule has 0 aliphatic carbocycles. The number of likely N-dealkylation sites (N-methyl/N-ethyl adjacent to an activating group) is 1. The zero-order valence-electron chi connectivity index (χ0n) is 14.4. The average molecular weight is 364 g/mol. The van der Waals surface area contributed by atoms with Crippen molar-refractivity contribution in [1.29, 1.82) is 0 Å². The minimum absolute atomic E-state index is 0.0357. The lowest BCUT2D eigenvalue weighted by Gasteiger charge is -2.18. The molecule has 2 rings (SSSR count). The van der Waals surface area contributed by atoms with Crippen LogP contribution in [0.5, 0.6) is 17.2 Å². The molecule has 6 heteroatoms. The molecule has 0 fully saturated rings. The van der Waals surface area contributed by atoms with Crippen LogP contribution in [0.4, 0.5) is 0 Å². The third-order valence-corrected chi connectivity index (χ3v) is 3.78. The van der Waals surface area contributed by atoms with E-state index in [2.05, 4.69) is 0 Å². The largest absolute Gasteiger partial charge is 0.493 e. The fourth-order valence-electron chi connectivity index (χ4n) is 2.16. The van der Waals surface area contributed by atoms with Crippen LogP contribution >= 0.6 is 11.6 Å². The highest BCUT2D eigenvalue weighted by Gasteiger charge is 2.11. The Morgan fingerprint density at radius 3 is 2.56 bits per heavy atom. The zero-order chi connectivity index (χ0) is 18.1. The summed E-state index contributed by atoms with van der Waals surface area (Å²) in [6, 6.07) is 14.5. The summed E-state index contributed by atoms with van der Waals surface area (Å²) in [4.78, 5) is 13.7. The van der Waals surface area contributed by atoms with Gasteiger partial charge in [-0.2, -0.15) is 0 Å². The number of carbonyl (C=O) groups is 1. The van der Waals surface area contributed by atoms with Crippen LogP contribution in [0.3, 0.4) is 0 Å². The van der Waals surface area contributed by atoms with Gasteiger partial charge in [0.1, 0.15) is 5.75 Å². The maximum absolute atomic E-state index is 12.1. The first-order chi connectivity index (χ1) is 12.1. The van der Waals surface area contributed by atoms with Gasteiger partial charge in [-0.25, -0.2) is 0 Å². The van der Waals surface area contributed by atoms with Gasteiger partial charge >= 0.3 is 0 Å². The fourth-order valence-corrected chi connectivity index (χ4v) is 2.34. The lowest BCUT2D eigenvalue weighted by atomic mass is 10.3. The fraction of sp³-hybridized carbons (Fsp3) is 0.316. The van der Waals surface area contributed by atoms with Gasteiger partial charge < -0.3 is 19.1 Å². The van der Waals surface area contributed by atoms with Gasteiger partial charge in [-0.3, -0.25) is 4.79 Å². The van der Waals surface area contributed by atoms with Crippen molar-refractivity contribution in [1.82, 2.24) is 4.90 Å². The number of ether oxygens (including phenoxy) is 3. The molecule has 0 saturated heterocycles. The monoisotopic (exact) mass is 363 g/mol. The van der Waals surface area contributed by atoms with Gasteiger partial charge in [-0.1, -0.05) is 29.8 Å². The van der Waals surface area contributed by atoms with Crippen molar-refractivity contribution in [2.24, 2.45) is 0 Å². The summed E-state index contributed by atoms with van der Waals surface area (Å²) in [6.45, 7) is 1.05. The van der Waals surface area contributed by atoms with E-state index in [1.54, 1.807) is 43.3 Å². The number of rotatable bonds is 9. The van der Waals surface area contributed by atoms with Crippen LogP contribution in [0.25, 0.3) is 0 Å². The van der Waals surface area contributed by atoms with Crippen LogP contribution in [0, 0.1) is 0 Å². The van der Waals surface area contributed by atoms with Gasteiger partial charge in [0, 0.05) is 18.6 Å². The molecule has 0 aliphatic rings. The number of carbonyl (C=O) groups excluding carboxylic acids is 1. The molecule has 2 aromatic rings. The normalized spacial score (nSPS) is 10.2. The molecule has 0 aromatic heterocycles. The first-order valence-electron chi connectivity index (χ1n) is 7.98. The Hall–Kier alpha value is -2.40. The smallest absolute Gasteiger partial charge is 0.260 e. The second-order valence-corrected chi connectivity index (χ2v) is 5.85. The molecule has 1 amide bonds. The molecular formula is C19H22ClNO4. The highest BCUT2D eigenvalue weighted by molar-refractivity contribution is 6.30. The van der Waals surface area contributed by atoms with Crippen molar-refractivity contribution >= 4 is 17.5 Å². The topological polar surface area (TPSA) is 48.0 Å². The van der Waals surface area contributed by atoms with Gasteiger partial charge in [0.25, 0.3) is 5.91 Å². The minimum atomic E-state index is -0.103. The molecule has 5 nitrogen and oxygen atoms in total. The van der Waals surface area contributed by atoms with Crippen molar-refractivity contribution in [3.63, 3.8) is 0 Å². The van der Waals surface area contributed by atoms with E-state index < -0.39 is 0 Å². The molecule has 0 atom stereocenters. The highest BCUT2D eigenvalue weighted by Crippen LogP contribution is 2.25. The lowest BCUT2D eigenvalue weighted by Crippen LogP contribution is -2.32. The number of benzene rings is 2. The summed E-state index contributed by atoms with van der Waals surface area (Å²) in [6.07, 6.45) is 0.712. The molecule has 0 heterocycles. The second-order valence-electron chi connectivity index (χ2n) is 5.41. The van der Waals surface area contributed by atoms with Gasteiger partial charge in [-0.05, 0) is 36.8 Å². The second kappa shape index (κ2) is 9.79. The average Bonchev–Trinajstić information content (AvgIpc) is 2.63. The SMILES string of the molecule is COc1ccccc1OCC(=O)N(C)CCCOc1cccc(Cl)c1. The Balaban J connectivity index is 1.69. The van der Waals surface area contributed by atoms with Crippen LogP contribution in [0.15, 0.2) is 48.5 Å². The molecule has 2 aromatic carbocycles. The van der Waals surface area contributed by atoms with Gasteiger partial charge in [0.05, 0.1) is 13.7 Å². The third-order valence-electron chi connectivity index (χ3n) is 3.55. The number of nitrogens with zero attached hydrogens (tertiary/aromatic N) is 1. The van der Waals surface area contributed by atoms with Crippen molar-refractivity contribution < 1.29 is 19.0 Å². The Kier molecular flexibility index (Phi) is 7.41. The number of amides is 1. The number of hydrogen-bond donors (Lipinski definition) is 0. The zero-order valence-corrected chi connectivity index (χ0v) is 15.2. The molecule has 0 unspecified atom stereocenters. The molecule has 0 spiro atoms. The predicted molar refractivity (Wildman–Crippen MR) is 97.7 cm³/mol. The van der Waals surface area contributed by atoms with Crippen LogP contribution in [-0.4, -0.2) is 44.7 Å². The standard InChI is InChI=1S/C19H22ClNO4/c1-21(11-6-12-24-16-8-5-7-15(20)13-16)19(22)14-25-18-10-4-3-9-17(18)23-2/h3-5,7-10,13H,6,11-12,14H2,1-2H3. The summed E-state index contributed by atoms with van der Waals surface area (Å²) < 4.78 is 16.3. The first-order valence-corrected chi connectivity index (χ1v) is 8.36. The predicted octanol–water partition coefficient (Wildman–Crippen LogP) is 3.65. The van der Waals surface area contributed by atoms with E-state index >= 15 is 0 Å². The molecule has 0 saturated carbocycles. The van der Waals surface area contributed by atoms with Gasteiger partial charge in [0.2, 0.25) is 0 Å². The van der Waals surface area contributed by atoms with Crippen molar-refractivity contribution in [3.8, 4) is 17.2 Å². The van der Waals surface area contributed by atoms with E-state index in [4.69, 9.17) is 25.8 Å². The first kappa shape index (κ1) is 18.9. The molecule has 0 N–H and O–H groups in total. The van der Waals surface area contributed by atoms with E-state index in [1.807, 2.05) is 24.3 Å². The summed E-state index contributed by atoms with van der Waals surface area (Å²) in [5.41, 5.74) is 0. The Morgan fingerprint density at radius 2 is 1.84 bits per heavy atom. The molecule has 0 bridgehead atoms. The number of hydrogen-bond acceptors (Lipinski definition) is 4. The third kappa shape index (κ3) is 6.19. The van der Waals surface area contributed by atoms with Crippen LogP contribution in [0.1, 0.15) is 6.42 Å². The minimum Gasteiger partial charge on any atom is -0.493 e. The number of halogens is 1. The maximum Gasteiger partial charge on any atom is 0.260 e. The number of methoxy groups -OCH3 is 1. The molecular weight excluding hydrogens is 342 g/mol. The Morgan fingerprint density at radius 1 is 1.08 bits per heavy atom. The summed E-state index contributed by atoms with van der Waals surface area (Å²) >= 11 is 5.90. The van der Waals surface area contributed by atoms with Crippen LogP contribution in [-0.2, 0) is 4.79 Å². The Labute approximate surface area is 153 Å². The van der Waals surface area contributed by atoms with Crippen molar-refractivity contribution in [2.45, 2.75) is 6.42 Å². The lowest BCUT2D eigenvalue weighted by molar-refractivity contribution is -0.132. The highest BCUT2D eigenvalue weighted by atomic mass is 35.5. The maximum atomic E-state index is 12.1. The van der Waals surface area contributed by atoms with E-state index in [-0.39, 0.29) is 12.5 Å². The summed E-state index contributed by atoms with van der Waals surface area (Å²) in [5, 5.41) is 0.637. The van der Waals surface area contributed by atoms with E-state index in [0.717, 1.165) is 5.75 Å². The van der Waals surface area contributed by atoms with Gasteiger partial charge in [0.15, 0.2) is 18.1 Å². The quantitative estimate of drug-likeness (QED) is 0.638. The van der Waals surface area contributed by atoms with Crippen LogP contribution < -0.4 is 14.2 Å². The summed E-state index contributed by atoms with van der Waals surface area (Å²) in [5.74, 6) is 1.78.